The average Bonchev–Trinajstić information content (AvgIpc) is 2.73. The van der Waals surface area contributed by atoms with Crippen LogP contribution >= 0.6 is 23.5 Å². The number of rotatable bonds is 8. The first kappa shape index (κ1) is 20.3. The second-order valence-corrected chi connectivity index (χ2v) is 8.59. The van der Waals surface area contributed by atoms with E-state index >= 15 is 0 Å². The van der Waals surface area contributed by atoms with Gasteiger partial charge in [-0.1, -0.05) is 96.3 Å². The van der Waals surface area contributed by atoms with Crippen LogP contribution in [0.2, 0.25) is 0 Å². The largest absolute Gasteiger partial charge is 0.457 e. The predicted octanol–water partition coefficient (Wildman–Crippen LogP) is 7.11. The van der Waals surface area contributed by atoms with Gasteiger partial charge in [0.2, 0.25) is 0 Å². The van der Waals surface area contributed by atoms with E-state index in [4.69, 9.17) is 4.74 Å². The number of ether oxygens (including phenoxy) is 1. The molecule has 0 fully saturated rings. The van der Waals surface area contributed by atoms with E-state index in [2.05, 4.69) is 30.3 Å². The van der Waals surface area contributed by atoms with Crippen molar-refractivity contribution in [2.45, 2.75) is 29.2 Å². The standard InChI is InChI=1S/C24H22O2S2/c1-19(25)26-23(20-11-5-2-6-12-20)17-18-24(27-21-13-7-3-8-14-21)28-22-15-9-4-10-16-22/h2-16,18,23H,17H2,1H3. The van der Waals surface area contributed by atoms with Crippen LogP contribution in [0.15, 0.2) is 111 Å². The van der Waals surface area contributed by atoms with Crippen LogP contribution in [0.25, 0.3) is 0 Å². The van der Waals surface area contributed by atoms with Gasteiger partial charge >= 0.3 is 5.97 Å². The van der Waals surface area contributed by atoms with Crippen LogP contribution < -0.4 is 0 Å². The second kappa shape index (κ2) is 10.8. The predicted molar refractivity (Wildman–Crippen MR) is 118 cm³/mol. The van der Waals surface area contributed by atoms with E-state index < -0.39 is 0 Å². The molecule has 0 heterocycles. The number of thioether (sulfide) groups is 2. The third-order valence-corrected chi connectivity index (χ3v) is 6.15. The summed E-state index contributed by atoms with van der Waals surface area (Å²) < 4.78 is 6.74. The maximum atomic E-state index is 11.6. The summed E-state index contributed by atoms with van der Waals surface area (Å²) in [7, 11) is 0. The molecule has 0 spiro atoms. The lowest BCUT2D eigenvalue weighted by Crippen LogP contribution is -2.07. The van der Waals surface area contributed by atoms with Crippen LogP contribution in [-0.4, -0.2) is 5.97 Å². The molecule has 0 aliphatic carbocycles. The number of hydrogen-bond donors (Lipinski definition) is 0. The number of hydrogen-bond acceptors (Lipinski definition) is 4. The molecule has 0 saturated heterocycles. The lowest BCUT2D eigenvalue weighted by molar-refractivity contribution is -0.146. The van der Waals surface area contributed by atoms with Crippen molar-refractivity contribution in [1.82, 2.24) is 0 Å². The Morgan fingerprint density at radius 2 is 1.29 bits per heavy atom. The van der Waals surface area contributed by atoms with Crippen molar-refractivity contribution in [1.29, 1.82) is 0 Å². The van der Waals surface area contributed by atoms with E-state index in [1.807, 2.05) is 66.7 Å². The fourth-order valence-corrected chi connectivity index (χ4v) is 4.79. The second-order valence-electron chi connectivity index (χ2n) is 6.10. The fourth-order valence-electron chi connectivity index (χ4n) is 2.64. The van der Waals surface area contributed by atoms with Gasteiger partial charge in [-0.05, 0) is 29.8 Å². The van der Waals surface area contributed by atoms with E-state index in [-0.39, 0.29) is 12.1 Å². The molecule has 0 radical (unpaired) electrons. The minimum absolute atomic E-state index is 0.268. The van der Waals surface area contributed by atoms with Crippen LogP contribution in [0.5, 0.6) is 0 Å². The zero-order chi connectivity index (χ0) is 19.6. The van der Waals surface area contributed by atoms with Crippen molar-refractivity contribution in [3.8, 4) is 0 Å². The minimum Gasteiger partial charge on any atom is -0.457 e. The van der Waals surface area contributed by atoms with Gasteiger partial charge < -0.3 is 4.74 Å². The molecule has 1 unspecified atom stereocenters. The number of benzene rings is 3. The van der Waals surface area contributed by atoms with E-state index in [1.165, 1.54) is 16.7 Å². The Balaban J connectivity index is 1.82. The summed E-state index contributed by atoms with van der Waals surface area (Å²) in [5.41, 5.74) is 1.00. The summed E-state index contributed by atoms with van der Waals surface area (Å²) in [6.07, 6.45) is 2.50. The fraction of sp³-hybridized carbons (Fsp3) is 0.125. The topological polar surface area (TPSA) is 26.3 Å². The highest BCUT2D eigenvalue weighted by Gasteiger charge is 2.14. The molecule has 1 atom stereocenters. The van der Waals surface area contributed by atoms with Crippen molar-refractivity contribution in [3.63, 3.8) is 0 Å². The van der Waals surface area contributed by atoms with Crippen LogP contribution in [0.4, 0.5) is 0 Å². The molecule has 0 amide bonds. The molecule has 28 heavy (non-hydrogen) atoms. The molecule has 142 valence electrons. The average molecular weight is 407 g/mol. The Labute approximate surface area is 175 Å². The van der Waals surface area contributed by atoms with Crippen molar-refractivity contribution in [2.24, 2.45) is 0 Å². The molecule has 3 aromatic rings. The summed E-state index contributed by atoms with van der Waals surface area (Å²) in [5.74, 6) is -0.268. The summed E-state index contributed by atoms with van der Waals surface area (Å²) in [6, 6.07) is 30.5. The Bertz CT molecular complexity index is 850. The normalized spacial score (nSPS) is 11.5. The lowest BCUT2D eigenvalue weighted by Gasteiger charge is -2.16. The van der Waals surface area contributed by atoms with Crippen molar-refractivity contribution in [2.75, 3.05) is 0 Å². The van der Waals surface area contributed by atoms with Gasteiger partial charge in [0, 0.05) is 27.4 Å². The van der Waals surface area contributed by atoms with Crippen LogP contribution in [0.1, 0.15) is 25.0 Å². The van der Waals surface area contributed by atoms with E-state index in [1.54, 1.807) is 23.5 Å². The van der Waals surface area contributed by atoms with Gasteiger partial charge in [0.1, 0.15) is 6.10 Å². The monoisotopic (exact) mass is 406 g/mol. The molecule has 4 heteroatoms. The summed E-state index contributed by atoms with van der Waals surface area (Å²) in [5, 5.41) is 0. The zero-order valence-corrected chi connectivity index (χ0v) is 17.3. The smallest absolute Gasteiger partial charge is 0.303 e. The molecule has 0 aromatic heterocycles. The van der Waals surface area contributed by atoms with Gasteiger partial charge in [-0.3, -0.25) is 4.79 Å². The molecular formula is C24H22O2S2. The summed E-state index contributed by atoms with van der Waals surface area (Å²) >= 11 is 3.45. The van der Waals surface area contributed by atoms with Gasteiger partial charge in [-0.15, -0.1) is 0 Å². The quantitative estimate of drug-likeness (QED) is 0.294. The molecule has 0 saturated carbocycles. The molecule has 0 bridgehead atoms. The Kier molecular flexibility index (Phi) is 7.82. The molecule has 2 nitrogen and oxygen atoms in total. The van der Waals surface area contributed by atoms with Gasteiger partial charge in [0.05, 0.1) is 0 Å². The maximum absolute atomic E-state index is 11.6. The molecule has 0 aliphatic rings. The van der Waals surface area contributed by atoms with Crippen molar-refractivity contribution in [3.05, 3.63) is 107 Å². The van der Waals surface area contributed by atoms with Crippen LogP contribution in [0, 0.1) is 0 Å². The highest BCUT2D eigenvalue weighted by molar-refractivity contribution is 8.22. The number of carbonyl (C=O) groups is 1. The molecule has 0 N–H and O–H groups in total. The van der Waals surface area contributed by atoms with Gasteiger partial charge in [0.25, 0.3) is 0 Å². The highest BCUT2D eigenvalue weighted by Crippen LogP contribution is 2.40. The third-order valence-electron chi connectivity index (χ3n) is 3.90. The van der Waals surface area contributed by atoms with Crippen molar-refractivity contribution < 1.29 is 9.53 Å². The number of esters is 1. The van der Waals surface area contributed by atoms with E-state index in [0.717, 1.165) is 9.80 Å². The molecule has 3 rings (SSSR count). The Morgan fingerprint density at radius 3 is 1.75 bits per heavy atom. The van der Waals surface area contributed by atoms with E-state index in [9.17, 15) is 4.79 Å². The molecule has 0 aliphatic heterocycles. The number of carbonyl (C=O) groups excluding carboxylic acids is 1. The molecular weight excluding hydrogens is 384 g/mol. The Hall–Kier alpha value is -2.43. The SMILES string of the molecule is CC(=O)OC(CC=C(Sc1ccccc1)Sc1ccccc1)c1ccccc1. The first-order valence-electron chi connectivity index (χ1n) is 9.09. The van der Waals surface area contributed by atoms with Crippen molar-refractivity contribution >= 4 is 29.5 Å². The van der Waals surface area contributed by atoms with Gasteiger partial charge in [-0.2, -0.15) is 0 Å². The van der Waals surface area contributed by atoms with E-state index in [0.29, 0.717) is 6.42 Å². The Morgan fingerprint density at radius 1 is 0.821 bits per heavy atom. The zero-order valence-electron chi connectivity index (χ0n) is 15.7. The molecule has 3 aromatic carbocycles. The third kappa shape index (κ3) is 6.63. The maximum Gasteiger partial charge on any atom is 0.303 e. The minimum atomic E-state index is -0.290. The van der Waals surface area contributed by atoms with Gasteiger partial charge in [-0.25, -0.2) is 0 Å². The van der Waals surface area contributed by atoms with Crippen LogP contribution in [0.3, 0.4) is 0 Å². The first-order chi connectivity index (χ1) is 13.7. The lowest BCUT2D eigenvalue weighted by atomic mass is 10.1. The van der Waals surface area contributed by atoms with Crippen LogP contribution in [-0.2, 0) is 9.53 Å². The summed E-state index contributed by atoms with van der Waals surface area (Å²) in [4.78, 5) is 14.0. The summed E-state index contributed by atoms with van der Waals surface area (Å²) in [6.45, 7) is 1.46. The van der Waals surface area contributed by atoms with Gasteiger partial charge in [0.15, 0.2) is 0 Å². The first-order valence-corrected chi connectivity index (χ1v) is 10.7. The highest BCUT2D eigenvalue weighted by atomic mass is 32.2.